The lowest BCUT2D eigenvalue weighted by molar-refractivity contribution is 0.355. The molecule has 10 nitrogen and oxygen atoms in total. The molecule has 2 aromatic carbocycles. The molecule has 0 atom stereocenters. The molecular weight excluding hydrogens is 476 g/mol. The Morgan fingerprint density at radius 2 is 1.71 bits per heavy atom. The monoisotopic (exact) mass is 502 g/mol. The van der Waals surface area contributed by atoms with Gasteiger partial charge in [0, 0.05) is 44.2 Å². The van der Waals surface area contributed by atoms with Crippen molar-refractivity contribution in [1.29, 1.82) is 0 Å². The first-order valence-corrected chi connectivity index (χ1v) is 12.5. The number of nitrogens with one attached hydrogen (secondary N) is 1. The number of piperazine rings is 1. The molecule has 0 aliphatic carbocycles. The number of thiocarbonyl (C=S) groups is 1. The van der Waals surface area contributed by atoms with Crippen molar-refractivity contribution in [1.82, 2.24) is 20.2 Å². The van der Waals surface area contributed by atoms with E-state index >= 15 is 0 Å². The highest BCUT2D eigenvalue weighted by Crippen LogP contribution is 2.34. The van der Waals surface area contributed by atoms with Crippen LogP contribution in [0.5, 0.6) is 11.5 Å². The third kappa shape index (κ3) is 5.13. The highest BCUT2D eigenvalue weighted by molar-refractivity contribution is 7.89. The molecule has 3 aromatic rings. The molecule has 0 amide bonds. The second-order valence-electron chi connectivity index (χ2n) is 7.74. The normalized spacial score (nSPS) is 14.2. The van der Waals surface area contributed by atoms with Crippen LogP contribution >= 0.6 is 12.2 Å². The van der Waals surface area contributed by atoms with Crippen LogP contribution in [0, 0.1) is 0 Å². The fourth-order valence-electron chi connectivity index (χ4n) is 3.83. The molecule has 1 aliphatic heterocycles. The molecule has 1 aliphatic rings. The zero-order valence-electron chi connectivity index (χ0n) is 18.9. The maximum atomic E-state index is 11.4. The number of primary sulfonamides is 1. The van der Waals surface area contributed by atoms with Gasteiger partial charge in [0.2, 0.25) is 10.0 Å². The van der Waals surface area contributed by atoms with Gasteiger partial charge in [0.15, 0.2) is 16.6 Å². The molecule has 1 saturated heterocycles. The van der Waals surface area contributed by atoms with Gasteiger partial charge >= 0.3 is 0 Å². The molecule has 1 fully saturated rings. The Bertz CT molecular complexity index is 1290. The lowest BCUT2D eigenvalue weighted by Crippen LogP contribution is -2.51. The number of methoxy groups -OCH3 is 2. The molecule has 0 radical (unpaired) electrons. The van der Waals surface area contributed by atoms with Crippen LogP contribution in [-0.2, 0) is 16.6 Å². The highest BCUT2D eigenvalue weighted by atomic mass is 32.2. The Hall–Kier alpha value is -3.22. The van der Waals surface area contributed by atoms with Crippen molar-refractivity contribution in [2.45, 2.75) is 11.4 Å². The maximum absolute atomic E-state index is 11.4. The predicted molar refractivity (Wildman–Crippen MR) is 134 cm³/mol. The van der Waals surface area contributed by atoms with E-state index in [-0.39, 0.29) is 4.90 Å². The average Bonchev–Trinajstić information content (AvgIpc) is 2.85. The molecule has 0 spiro atoms. The van der Waals surface area contributed by atoms with E-state index in [0.717, 1.165) is 48.5 Å². The molecular formula is C22H26N6O4S2. The quantitative estimate of drug-likeness (QED) is 0.479. The van der Waals surface area contributed by atoms with E-state index in [2.05, 4.69) is 25.1 Å². The number of sulfonamides is 1. The molecule has 12 heteroatoms. The van der Waals surface area contributed by atoms with E-state index in [1.54, 1.807) is 32.7 Å². The lowest BCUT2D eigenvalue weighted by Gasteiger charge is -2.37. The minimum atomic E-state index is -3.70. The molecule has 0 bridgehead atoms. The van der Waals surface area contributed by atoms with Crippen LogP contribution in [0.4, 0.5) is 5.82 Å². The number of rotatable bonds is 6. The van der Waals surface area contributed by atoms with E-state index in [4.69, 9.17) is 26.8 Å². The minimum absolute atomic E-state index is 0.0863. The van der Waals surface area contributed by atoms with Crippen LogP contribution in [0.2, 0.25) is 0 Å². The summed E-state index contributed by atoms with van der Waals surface area (Å²) in [6.45, 7) is 3.43. The third-order valence-corrected chi connectivity index (χ3v) is 7.01. The van der Waals surface area contributed by atoms with Crippen LogP contribution in [0.1, 0.15) is 5.56 Å². The third-order valence-electron chi connectivity index (χ3n) is 5.68. The van der Waals surface area contributed by atoms with E-state index in [9.17, 15) is 8.42 Å². The van der Waals surface area contributed by atoms with Gasteiger partial charge in [0.1, 0.15) is 12.1 Å². The Morgan fingerprint density at radius 1 is 1.06 bits per heavy atom. The summed E-state index contributed by atoms with van der Waals surface area (Å²) in [6.07, 6.45) is 1.56. The summed E-state index contributed by atoms with van der Waals surface area (Å²) in [5.41, 5.74) is 1.70. The zero-order valence-corrected chi connectivity index (χ0v) is 20.5. The first-order chi connectivity index (χ1) is 16.3. The van der Waals surface area contributed by atoms with Gasteiger partial charge in [0.25, 0.3) is 0 Å². The Labute approximate surface area is 203 Å². The van der Waals surface area contributed by atoms with Gasteiger partial charge in [-0.05, 0) is 36.0 Å². The van der Waals surface area contributed by atoms with Gasteiger partial charge in [-0.2, -0.15) is 0 Å². The summed E-state index contributed by atoms with van der Waals surface area (Å²) < 4.78 is 33.6. The summed E-state index contributed by atoms with van der Waals surface area (Å²) in [7, 11) is -0.495. The van der Waals surface area contributed by atoms with E-state index < -0.39 is 10.0 Å². The second kappa shape index (κ2) is 9.95. The Kier molecular flexibility index (Phi) is 7.00. The van der Waals surface area contributed by atoms with E-state index in [1.165, 1.54) is 12.1 Å². The van der Waals surface area contributed by atoms with Crippen molar-refractivity contribution in [3.8, 4) is 11.5 Å². The van der Waals surface area contributed by atoms with Crippen molar-refractivity contribution in [2.75, 3.05) is 45.3 Å². The smallest absolute Gasteiger partial charge is 0.238 e. The first-order valence-electron chi connectivity index (χ1n) is 10.6. The SMILES string of the molecule is COc1cc2ncnc(N3CCN(C(=S)NCc4ccc(S(N)(=O)=O)cc4)CC3)c2cc1OC. The number of hydrogen-bond donors (Lipinski definition) is 2. The van der Waals surface area contributed by atoms with Gasteiger partial charge in [-0.15, -0.1) is 0 Å². The maximum Gasteiger partial charge on any atom is 0.238 e. The van der Waals surface area contributed by atoms with Crippen LogP contribution in [0.15, 0.2) is 47.6 Å². The molecule has 3 N–H and O–H groups in total. The number of anilines is 1. The summed E-state index contributed by atoms with van der Waals surface area (Å²) in [6, 6.07) is 10.2. The number of ether oxygens (including phenoxy) is 2. The van der Waals surface area contributed by atoms with Gasteiger partial charge in [0.05, 0.1) is 24.6 Å². The number of fused-ring (bicyclic) bond motifs is 1. The topological polar surface area (TPSA) is 123 Å². The molecule has 180 valence electrons. The number of benzene rings is 2. The predicted octanol–water partition coefficient (Wildman–Crippen LogP) is 1.49. The van der Waals surface area contributed by atoms with Gasteiger partial charge in [-0.1, -0.05) is 12.1 Å². The van der Waals surface area contributed by atoms with Crippen LogP contribution < -0.4 is 24.8 Å². The summed E-state index contributed by atoms with van der Waals surface area (Å²) in [5.74, 6) is 2.10. The van der Waals surface area contributed by atoms with Gasteiger partial charge < -0.3 is 24.6 Å². The lowest BCUT2D eigenvalue weighted by atomic mass is 10.2. The van der Waals surface area contributed by atoms with Crippen molar-refractivity contribution in [2.24, 2.45) is 5.14 Å². The van der Waals surface area contributed by atoms with Crippen LogP contribution in [0.3, 0.4) is 0 Å². The van der Waals surface area contributed by atoms with Crippen molar-refractivity contribution in [3.05, 3.63) is 48.3 Å². The van der Waals surface area contributed by atoms with E-state index in [0.29, 0.717) is 23.2 Å². The number of hydrogen-bond acceptors (Lipinski definition) is 8. The van der Waals surface area contributed by atoms with Gasteiger partial charge in [-0.25, -0.2) is 23.5 Å². The molecule has 4 rings (SSSR count). The first kappa shape index (κ1) is 23.9. The number of nitrogens with two attached hydrogens (primary N) is 1. The molecule has 1 aromatic heterocycles. The number of aromatic nitrogens is 2. The summed E-state index contributed by atoms with van der Waals surface area (Å²) in [5, 5.41) is 9.93. The van der Waals surface area contributed by atoms with Crippen molar-refractivity contribution < 1.29 is 17.9 Å². The minimum Gasteiger partial charge on any atom is -0.493 e. The molecule has 2 heterocycles. The van der Waals surface area contributed by atoms with Crippen LogP contribution in [0.25, 0.3) is 10.9 Å². The molecule has 0 unspecified atom stereocenters. The van der Waals surface area contributed by atoms with E-state index in [1.807, 2.05) is 12.1 Å². The van der Waals surface area contributed by atoms with Crippen LogP contribution in [-0.4, -0.2) is 68.8 Å². The molecule has 0 saturated carbocycles. The Balaban J connectivity index is 1.38. The average molecular weight is 503 g/mol. The van der Waals surface area contributed by atoms with Crippen molar-refractivity contribution in [3.63, 3.8) is 0 Å². The molecule has 34 heavy (non-hydrogen) atoms. The summed E-state index contributed by atoms with van der Waals surface area (Å²) in [4.78, 5) is 13.3. The Morgan fingerprint density at radius 3 is 2.32 bits per heavy atom. The zero-order chi connectivity index (χ0) is 24.3. The largest absolute Gasteiger partial charge is 0.493 e. The second-order valence-corrected chi connectivity index (χ2v) is 9.69. The number of nitrogens with zero attached hydrogens (tertiary/aromatic N) is 4. The summed E-state index contributed by atoms with van der Waals surface area (Å²) >= 11 is 5.58. The fourth-order valence-corrected chi connectivity index (χ4v) is 4.60. The van der Waals surface area contributed by atoms with Gasteiger partial charge in [-0.3, -0.25) is 0 Å². The highest BCUT2D eigenvalue weighted by Gasteiger charge is 2.22. The fraction of sp³-hybridized carbons (Fsp3) is 0.318. The van der Waals surface area contributed by atoms with Crippen molar-refractivity contribution >= 4 is 44.1 Å². The standard InChI is InChI=1S/C22H26N6O4S2/c1-31-19-11-17-18(12-20(19)32-2)25-14-26-21(17)27-7-9-28(10-8-27)22(33)24-13-15-3-5-16(6-4-15)34(23,29)30/h3-6,11-12,14H,7-10,13H2,1-2H3,(H,24,33)(H2,23,29,30).